The minimum absolute atomic E-state index is 0. The summed E-state index contributed by atoms with van der Waals surface area (Å²) >= 11 is 0. The summed E-state index contributed by atoms with van der Waals surface area (Å²) in [6.07, 6.45) is 6.38. The fourth-order valence-corrected chi connectivity index (χ4v) is 1.75. The molecule has 122 valence electrons. The van der Waals surface area contributed by atoms with Gasteiger partial charge in [-0.25, -0.2) is 9.67 Å². The number of hydrogen-bond acceptors (Lipinski definition) is 4. The van der Waals surface area contributed by atoms with Gasteiger partial charge in [0.15, 0.2) is 5.82 Å². The molecule has 2 aromatic rings. The third-order valence-electron chi connectivity index (χ3n) is 2.87. The molecule has 0 saturated heterocycles. The van der Waals surface area contributed by atoms with Crippen LogP contribution in [0.4, 0.5) is 0 Å². The maximum atomic E-state index is 11.6. The molecule has 0 saturated carbocycles. The fraction of sp³-hybridized carbons (Fsp3) is 0.357. The van der Waals surface area contributed by atoms with E-state index in [0.717, 1.165) is 11.4 Å². The maximum absolute atomic E-state index is 11.6. The Hall–Kier alpha value is -1.63. The molecule has 0 aliphatic rings. The third-order valence-corrected chi connectivity index (χ3v) is 2.87. The topological polar surface area (TPSA) is 85.8 Å². The van der Waals surface area contributed by atoms with E-state index in [4.69, 9.17) is 5.73 Å². The molecule has 8 heteroatoms. The largest absolute Gasteiger partial charge is 0.352 e. The number of hydrogen-bond donors (Lipinski definition) is 2. The number of halogens is 2. The Morgan fingerprint density at radius 1 is 1.41 bits per heavy atom. The molecule has 3 N–H and O–H groups in total. The summed E-state index contributed by atoms with van der Waals surface area (Å²) in [5, 5.41) is 7.00. The first-order valence-electron chi connectivity index (χ1n) is 6.62. The number of nitrogens with two attached hydrogens (primary N) is 1. The number of pyridine rings is 1. The second-order valence-corrected chi connectivity index (χ2v) is 4.77. The zero-order valence-corrected chi connectivity index (χ0v) is 13.9. The van der Waals surface area contributed by atoms with Crippen LogP contribution in [-0.2, 0) is 11.3 Å². The molecule has 0 radical (unpaired) electrons. The predicted molar refractivity (Wildman–Crippen MR) is 90.6 cm³/mol. The highest BCUT2D eigenvalue weighted by Gasteiger charge is 2.04. The SMILES string of the molecule is CC(N)CCC(=O)NCc1ccnc(-n2cccn2)c1.Cl.Cl. The predicted octanol–water partition coefficient (Wildman–Crippen LogP) is 1.85. The lowest BCUT2D eigenvalue weighted by Gasteiger charge is -2.08. The van der Waals surface area contributed by atoms with Crippen molar-refractivity contribution in [2.75, 3.05) is 0 Å². The van der Waals surface area contributed by atoms with Crippen LogP contribution in [0.15, 0.2) is 36.8 Å². The van der Waals surface area contributed by atoms with E-state index in [2.05, 4.69) is 15.4 Å². The summed E-state index contributed by atoms with van der Waals surface area (Å²) in [5.74, 6) is 0.747. The van der Waals surface area contributed by atoms with Gasteiger partial charge >= 0.3 is 0 Å². The van der Waals surface area contributed by atoms with E-state index < -0.39 is 0 Å². The minimum Gasteiger partial charge on any atom is -0.352 e. The molecule has 0 fully saturated rings. The monoisotopic (exact) mass is 345 g/mol. The number of nitrogens with one attached hydrogen (secondary N) is 1. The average molecular weight is 346 g/mol. The summed E-state index contributed by atoms with van der Waals surface area (Å²) in [6, 6.07) is 5.66. The highest BCUT2D eigenvalue weighted by molar-refractivity contribution is 5.85. The number of aromatic nitrogens is 3. The van der Waals surface area contributed by atoms with E-state index in [-0.39, 0.29) is 36.8 Å². The zero-order valence-electron chi connectivity index (χ0n) is 12.3. The Bertz CT molecular complexity index is 560. The van der Waals surface area contributed by atoms with Gasteiger partial charge in [0, 0.05) is 37.6 Å². The van der Waals surface area contributed by atoms with Crippen LogP contribution in [-0.4, -0.2) is 26.7 Å². The first kappa shape index (κ1) is 20.4. The molecule has 1 amide bonds. The van der Waals surface area contributed by atoms with Crippen molar-refractivity contribution in [1.82, 2.24) is 20.1 Å². The molecule has 2 heterocycles. The first-order valence-corrected chi connectivity index (χ1v) is 6.62. The van der Waals surface area contributed by atoms with Crippen molar-refractivity contribution < 1.29 is 4.79 Å². The Balaban J connectivity index is 0.00000220. The van der Waals surface area contributed by atoms with E-state index in [1.54, 1.807) is 17.1 Å². The molecular weight excluding hydrogens is 325 g/mol. The van der Waals surface area contributed by atoms with E-state index in [1.807, 2.05) is 31.3 Å². The molecule has 1 unspecified atom stereocenters. The van der Waals surface area contributed by atoms with Crippen LogP contribution in [0, 0.1) is 0 Å². The number of nitrogens with zero attached hydrogens (tertiary/aromatic N) is 3. The molecule has 0 spiro atoms. The number of amides is 1. The Morgan fingerprint density at radius 2 is 2.18 bits per heavy atom. The van der Waals surface area contributed by atoms with Gasteiger partial charge < -0.3 is 11.1 Å². The van der Waals surface area contributed by atoms with Gasteiger partial charge in [-0.2, -0.15) is 5.10 Å². The number of carbonyl (C=O) groups is 1. The maximum Gasteiger partial charge on any atom is 0.220 e. The molecule has 2 rings (SSSR count). The summed E-state index contributed by atoms with van der Waals surface area (Å²) < 4.78 is 1.68. The highest BCUT2D eigenvalue weighted by atomic mass is 35.5. The van der Waals surface area contributed by atoms with E-state index in [9.17, 15) is 4.79 Å². The van der Waals surface area contributed by atoms with Crippen molar-refractivity contribution in [2.24, 2.45) is 5.73 Å². The minimum atomic E-state index is 0. The number of carbonyl (C=O) groups excluding carboxylic acids is 1. The quantitative estimate of drug-likeness (QED) is 0.836. The lowest BCUT2D eigenvalue weighted by Crippen LogP contribution is -2.25. The second-order valence-electron chi connectivity index (χ2n) is 4.77. The molecule has 0 aliphatic heterocycles. The van der Waals surface area contributed by atoms with Crippen LogP contribution < -0.4 is 11.1 Å². The smallest absolute Gasteiger partial charge is 0.220 e. The summed E-state index contributed by atoms with van der Waals surface area (Å²) in [7, 11) is 0. The zero-order chi connectivity index (χ0) is 14.4. The van der Waals surface area contributed by atoms with Crippen LogP contribution in [0.1, 0.15) is 25.3 Å². The first-order chi connectivity index (χ1) is 9.65. The Kier molecular flexibility index (Phi) is 9.40. The molecule has 1 atom stereocenters. The van der Waals surface area contributed by atoms with Gasteiger partial charge in [-0.3, -0.25) is 4.79 Å². The summed E-state index contributed by atoms with van der Waals surface area (Å²) in [4.78, 5) is 15.9. The van der Waals surface area contributed by atoms with E-state index >= 15 is 0 Å². The van der Waals surface area contributed by atoms with Gasteiger partial charge in [-0.15, -0.1) is 24.8 Å². The van der Waals surface area contributed by atoms with Gasteiger partial charge in [0.25, 0.3) is 0 Å². The average Bonchev–Trinajstić information content (AvgIpc) is 2.97. The molecule has 6 nitrogen and oxygen atoms in total. The molecular formula is C14H21Cl2N5O. The Morgan fingerprint density at radius 3 is 2.82 bits per heavy atom. The van der Waals surface area contributed by atoms with E-state index in [1.165, 1.54) is 0 Å². The van der Waals surface area contributed by atoms with Crippen molar-refractivity contribution in [3.63, 3.8) is 0 Å². The van der Waals surface area contributed by atoms with Crippen LogP contribution in [0.5, 0.6) is 0 Å². The standard InChI is InChI=1S/C14H19N5O.2ClH/c1-11(15)3-4-14(20)17-10-12-5-7-16-13(9-12)19-8-2-6-18-19;;/h2,5-9,11H,3-4,10,15H2,1H3,(H,17,20);2*1H. The molecule has 0 aliphatic carbocycles. The molecule has 0 aromatic carbocycles. The molecule has 22 heavy (non-hydrogen) atoms. The fourth-order valence-electron chi connectivity index (χ4n) is 1.75. The van der Waals surface area contributed by atoms with Gasteiger partial charge in [0.2, 0.25) is 5.91 Å². The van der Waals surface area contributed by atoms with Crippen LogP contribution in [0.2, 0.25) is 0 Å². The second kappa shape index (κ2) is 10.2. The van der Waals surface area contributed by atoms with Gasteiger partial charge in [0.1, 0.15) is 0 Å². The van der Waals surface area contributed by atoms with Gasteiger partial charge in [-0.05, 0) is 37.1 Å². The highest BCUT2D eigenvalue weighted by Crippen LogP contribution is 2.06. The summed E-state index contributed by atoms with van der Waals surface area (Å²) in [6.45, 7) is 2.38. The summed E-state index contributed by atoms with van der Waals surface area (Å²) in [5.41, 5.74) is 6.61. The van der Waals surface area contributed by atoms with Crippen LogP contribution in [0.3, 0.4) is 0 Å². The molecule has 2 aromatic heterocycles. The lowest BCUT2D eigenvalue weighted by atomic mass is 10.2. The van der Waals surface area contributed by atoms with Crippen LogP contribution in [0.25, 0.3) is 5.82 Å². The van der Waals surface area contributed by atoms with E-state index in [0.29, 0.717) is 19.4 Å². The lowest BCUT2D eigenvalue weighted by molar-refractivity contribution is -0.121. The number of rotatable bonds is 6. The third kappa shape index (κ3) is 6.43. The van der Waals surface area contributed by atoms with Crippen molar-refractivity contribution in [1.29, 1.82) is 0 Å². The molecule has 0 bridgehead atoms. The Labute approximate surface area is 142 Å². The van der Waals surface area contributed by atoms with Crippen molar-refractivity contribution >= 4 is 30.7 Å². The van der Waals surface area contributed by atoms with Crippen molar-refractivity contribution in [2.45, 2.75) is 32.4 Å². The van der Waals surface area contributed by atoms with Gasteiger partial charge in [0.05, 0.1) is 0 Å². The van der Waals surface area contributed by atoms with Gasteiger partial charge in [-0.1, -0.05) is 0 Å². The van der Waals surface area contributed by atoms with Crippen molar-refractivity contribution in [3.05, 3.63) is 42.4 Å². The van der Waals surface area contributed by atoms with Crippen molar-refractivity contribution in [3.8, 4) is 5.82 Å². The van der Waals surface area contributed by atoms with Crippen LogP contribution >= 0.6 is 24.8 Å². The normalized spacial score (nSPS) is 11.0.